The first-order valence-corrected chi connectivity index (χ1v) is 10.1. The van der Waals surface area contributed by atoms with Crippen LogP contribution in [0.3, 0.4) is 0 Å². The predicted octanol–water partition coefficient (Wildman–Crippen LogP) is 5.89. The lowest BCUT2D eigenvalue weighted by atomic mass is 9.88. The van der Waals surface area contributed by atoms with Crippen LogP contribution in [0, 0.1) is 0 Å². The second-order valence-electron chi connectivity index (χ2n) is 8.20. The van der Waals surface area contributed by atoms with Crippen molar-refractivity contribution < 1.29 is 20.1 Å². The number of hydrogen-bond acceptors (Lipinski definition) is 4. The molecule has 3 N–H and O–H groups in total. The summed E-state index contributed by atoms with van der Waals surface area (Å²) < 4.78 is 6.23. The minimum atomic E-state index is -0.248. The third kappa shape index (κ3) is 4.76. The van der Waals surface area contributed by atoms with Crippen molar-refractivity contribution in [3.63, 3.8) is 0 Å². The highest BCUT2D eigenvalue weighted by Gasteiger charge is 2.27. The van der Waals surface area contributed by atoms with Gasteiger partial charge in [0, 0.05) is 17.2 Å². The van der Waals surface area contributed by atoms with E-state index in [1.165, 1.54) is 5.57 Å². The molecule has 154 valence electrons. The third-order valence-electron chi connectivity index (χ3n) is 5.31. The SMILES string of the molecule is CC(C)=CCc1c([C@H]2CCc3ccc(O)cc3O2)cc(O)c(O)c1CC=C(C)C. The zero-order chi connectivity index (χ0) is 21.1. The molecule has 1 aliphatic heterocycles. The summed E-state index contributed by atoms with van der Waals surface area (Å²) in [5.41, 5.74) is 6.04. The molecule has 0 bridgehead atoms. The number of aromatic hydroxyl groups is 3. The van der Waals surface area contributed by atoms with Crippen LogP contribution in [0.5, 0.6) is 23.0 Å². The fourth-order valence-electron chi connectivity index (χ4n) is 3.71. The summed E-state index contributed by atoms with van der Waals surface area (Å²) in [6.45, 7) is 8.13. The Hall–Kier alpha value is -2.88. The number of allylic oxidation sites excluding steroid dienone is 4. The fraction of sp³-hybridized carbons (Fsp3) is 0.360. The average Bonchev–Trinajstić information content (AvgIpc) is 2.66. The zero-order valence-electron chi connectivity index (χ0n) is 17.6. The first kappa shape index (κ1) is 20.8. The van der Waals surface area contributed by atoms with E-state index in [-0.39, 0.29) is 23.4 Å². The van der Waals surface area contributed by atoms with Crippen LogP contribution in [0.1, 0.15) is 62.5 Å². The van der Waals surface area contributed by atoms with Crippen molar-refractivity contribution in [2.45, 2.75) is 59.5 Å². The van der Waals surface area contributed by atoms with Gasteiger partial charge in [0.1, 0.15) is 17.6 Å². The van der Waals surface area contributed by atoms with Gasteiger partial charge in [-0.3, -0.25) is 0 Å². The molecular weight excluding hydrogens is 364 g/mol. The molecule has 1 aliphatic rings. The van der Waals surface area contributed by atoms with Crippen LogP contribution >= 0.6 is 0 Å². The molecule has 0 fully saturated rings. The minimum Gasteiger partial charge on any atom is -0.508 e. The highest BCUT2D eigenvalue weighted by molar-refractivity contribution is 5.56. The first-order chi connectivity index (χ1) is 13.8. The maximum Gasteiger partial charge on any atom is 0.161 e. The summed E-state index contributed by atoms with van der Waals surface area (Å²) in [6, 6.07) is 6.84. The molecule has 0 unspecified atom stereocenters. The molecule has 0 saturated heterocycles. The van der Waals surface area contributed by atoms with E-state index < -0.39 is 0 Å². The number of fused-ring (bicyclic) bond motifs is 1. The van der Waals surface area contributed by atoms with E-state index in [0.29, 0.717) is 18.6 Å². The van der Waals surface area contributed by atoms with Crippen molar-refractivity contribution in [1.29, 1.82) is 0 Å². The van der Waals surface area contributed by atoms with Crippen molar-refractivity contribution >= 4 is 0 Å². The molecule has 0 aromatic heterocycles. The van der Waals surface area contributed by atoms with Crippen molar-refractivity contribution in [3.8, 4) is 23.0 Å². The van der Waals surface area contributed by atoms with Crippen molar-refractivity contribution in [2.24, 2.45) is 0 Å². The average molecular weight is 395 g/mol. The lowest BCUT2D eigenvalue weighted by Gasteiger charge is -2.29. The Morgan fingerprint density at radius 3 is 2.28 bits per heavy atom. The summed E-state index contributed by atoms with van der Waals surface area (Å²) >= 11 is 0. The van der Waals surface area contributed by atoms with E-state index in [2.05, 4.69) is 12.2 Å². The summed E-state index contributed by atoms with van der Waals surface area (Å²) in [5, 5.41) is 30.9. The van der Waals surface area contributed by atoms with E-state index in [0.717, 1.165) is 40.7 Å². The standard InChI is InChI=1S/C25H30O4/c1-15(2)5-10-19-20(11-6-16(3)4)25(28)22(27)14-21(19)23-12-8-17-7-9-18(26)13-24(17)29-23/h5-7,9,13-14,23,26-28H,8,10-12H2,1-4H3/t23-/m1/s1. The van der Waals surface area contributed by atoms with E-state index in [4.69, 9.17) is 4.74 Å². The molecular formula is C25H30O4. The van der Waals surface area contributed by atoms with E-state index in [1.807, 2.05) is 33.8 Å². The normalized spacial score (nSPS) is 15.2. The topological polar surface area (TPSA) is 69.9 Å². The van der Waals surface area contributed by atoms with Crippen molar-refractivity contribution in [3.05, 3.63) is 69.8 Å². The third-order valence-corrected chi connectivity index (χ3v) is 5.31. The van der Waals surface area contributed by atoms with Crippen LogP contribution < -0.4 is 4.74 Å². The summed E-state index contributed by atoms with van der Waals surface area (Å²) in [5.74, 6) is 0.667. The predicted molar refractivity (Wildman–Crippen MR) is 116 cm³/mol. The van der Waals surface area contributed by atoms with Gasteiger partial charge in [0.2, 0.25) is 0 Å². The highest BCUT2D eigenvalue weighted by Crippen LogP contribution is 2.43. The van der Waals surface area contributed by atoms with Gasteiger partial charge in [0.15, 0.2) is 11.5 Å². The monoisotopic (exact) mass is 394 g/mol. The van der Waals surface area contributed by atoms with Crippen molar-refractivity contribution in [1.82, 2.24) is 0 Å². The van der Waals surface area contributed by atoms with Gasteiger partial charge in [-0.2, -0.15) is 0 Å². The van der Waals surface area contributed by atoms with Gasteiger partial charge < -0.3 is 20.1 Å². The highest BCUT2D eigenvalue weighted by atomic mass is 16.5. The molecule has 0 radical (unpaired) electrons. The summed E-state index contributed by atoms with van der Waals surface area (Å²) in [6.07, 6.45) is 6.74. The Balaban J connectivity index is 2.09. The second-order valence-corrected chi connectivity index (χ2v) is 8.20. The number of rotatable bonds is 5. The Morgan fingerprint density at radius 1 is 0.966 bits per heavy atom. The van der Waals surface area contributed by atoms with Crippen LogP contribution in [0.25, 0.3) is 0 Å². The Bertz CT molecular complexity index is 961. The number of phenols is 3. The van der Waals surface area contributed by atoms with Crippen LogP contribution in [-0.2, 0) is 19.3 Å². The first-order valence-electron chi connectivity index (χ1n) is 10.1. The molecule has 3 rings (SSSR count). The molecule has 2 aromatic carbocycles. The van der Waals surface area contributed by atoms with Gasteiger partial charge in [-0.25, -0.2) is 0 Å². The maximum absolute atomic E-state index is 10.6. The van der Waals surface area contributed by atoms with Crippen LogP contribution in [-0.4, -0.2) is 15.3 Å². The van der Waals surface area contributed by atoms with E-state index in [1.54, 1.807) is 18.2 Å². The van der Waals surface area contributed by atoms with Gasteiger partial charge in [-0.1, -0.05) is 29.4 Å². The Morgan fingerprint density at radius 2 is 1.62 bits per heavy atom. The van der Waals surface area contributed by atoms with Gasteiger partial charge in [0.05, 0.1) is 0 Å². The number of phenolic OH excluding ortho intramolecular Hbond substituents is 3. The number of ether oxygens (including phenoxy) is 1. The van der Waals surface area contributed by atoms with Crippen molar-refractivity contribution in [2.75, 3.05) is 0 Å². The number of aryl methyl sites for hydroxylation is 1. The van der Waals surface area contributed by atoms with Crippen LogP contribution in [0.4, 0.5) is 0 Å². The zero-order valence-corrected chi connectivity index (χ0v) is 17.6. The van der Waals surface area contributed by atoms with Gasteiger partial charge >= 0.3 is 0 Å². The molecule has 1 heterocycles. The van der Waals surface area contributed by atoms with E-state index in [9.17, 15) is 15.3 Å². The maximum atomic E-state index is 10.6. The molecule has 0 amide bonds. The van der Waals surface area contributed by atoms with Gasteiger partial charge in [-0.05, 0) is 76.6 Å². The fourth-order valence-corrected chi connectivity index (χ4v) is 3.71. The number of hydrogen-bond donors (Lipinski definition) is 3. The lowest BCUT2D eigenvalue weighted by Crippen LogP contribution is -2.17. The molecule has 4 nitrogen and oxygen atoms in total. The second kappa shape index (κ2) is 8.64. The smallest absolute Gasteiger partial charge is 0.161 e. The van der Waals surface area contributed by atoms with Gasteiger partial charge in [0.25, 0.3) is 0 Å². The molecule has 4 heteroatoms. The molecule has 0 spiro atoms. The molecule has 2 aromatic rings. The van der Waals surface area contributed by atoms with Gasteiger partial charge in [-0.15, -0.1) is 0 Å². The Kier molecular flexibility index (Phi) is 6.21. The molecule has 0 aliphatic carbocycles. The van der Waals surface area contributed by atoms with Crippen LogP contribution in [0.15, 0.2) is 47.6 Å². The molecule has 1 atom stereocenters. The largest absolute Gasteiger partial charge is 0.508 e. The molecule has 29 heavy (non-hydrogen) atoms. The molecule has 0 saturated carbocycles. The lowest BCUT2D eigenvalue weighted by molar-refractivity contribution is 0.174. The summed E-state index contributed by atoms with van der Waals surface area (Å²) in [4.78, 5) is 0. The summed E-state index contributed by atoms with van der Waals surface area (Å²) in [7, 11) is 0. The quantitative estimate of drug-likeness (QED) is 0.437. The minimum absolute atomic E-state index is 0.0581. The number of benzene rings is 2. The Labute approximate surface area is 172 Å². The van der Waals surface area contributed by atoms with E-state index >= 15 is 0 Å². The van der Waals surface area contributed by atoms with Crippen LogP contribution in [0.2, 0.25) is 0 Å².